The van der Waals surface area contributed by atoms with Crippen LogP contribution < -0.4 is 5.32 Å². The van der Waals surface area contributed by atoms with Crippen molar-refractivity contribution in [2.75, 3.05) is 19.6 Å². The van der Waals surface area contributed by atoms with E-state index in [-0.39, 0.29) is 30.9 Å². The number of benzene rings is 1. The second-order valence-corrected chi connectivity index (χ2v) is 4.90. The van der Waals surface area contributed by atoms with Gasteiger partial charge in [0.25, 0.3) is 0 Å². The van der Waals surface area contributed by atoms with Gasteiger partial charge < -0.3 is 10.4 Å². The Kier molecular flexibility index (Phi) is 4.87. The summed E-state index contributed by atoms with van der Waals surface area (Å²) in [5, 5.41) is 12.2. The number of nitrogens with zero attached hydrogens (tertiary/aromatic N) is 1. The average Bonchev–Trinajstić information content (AvgIpc) is 2.38. The topological polar surface area (TPSA) is 52.6 Å². The Balaban J connectivity index is 1.77. The lowest BCUT2D eigenvalue weighted by Gasteiger charge is -2.29. The maximum absolute atomic E-state index is 13.4. The molecule has 1 heterocycles. The summed E-state index contributed by atoms with van der Waals surface area (Å²) in [6.07, 6.45) is 1.36. The molecule has 19 heavy (non-hydrogen) atoms. The standard InChI is InChI=1S/C14H19FN2O2/c15-13-6-2-1-4-11(13)8-16-14(19)10-17-7-3-5-12(18)9-17/h1-2,4,6,12,18H,3,5,7-10H2,(H,16,19)/t12-/m0/s1. The SMILES string of the molecule is O=C(CN1CCC[C@H](O)C1)NCc1ccccc1F. The Labute approximate surface area is 112 Å². The Morgan fingerprint density at radius 2 is 2.26 bits per heavy atom. The van der Waals surface area contributed by atoms with Gasteiger partial charge >= 0.3 is 0 Å². The summed E-state index contributed by atoms with van der Waals surface area (Å²) < 4.78 is 13.4. The van der Waals surface area contributed by atoms with Crippen molar-refractivity contribution in [3.8, 4) is 0 Å². The molecule has 1 aromatic rings. The Hall–Kier alpha value is -1.46. The van der Waals surface area contributed by atoms with E-state index >= 15 is 0 Å². The van der Waals surface area contributed by atoms with Gasteiger partial charge in [-0.15, -0.1) is 0 Å². The van der Waals surface area contributed by atoms with Crippen LogP contribution in [-0.2, 0) is 11.3 Å². The van der Waals surface area contributed by atoms with E-state index in [1.165, 1.54) is 6.07 Å². The number of amides is 1. The first-order valence-corrected chi connectivity index (χ1v) is 6.55. The van der Waals surface area contributed by atoms with E-state index in [1.807, 2.05) is 4.90 Å². The van der Waals surface area contributed by atoms with Gasteiger partial charge in [-0.2, -0.15) is 0 Å². The zero-order chi connectivity index (χ0) is 13.7. The molecule has 0 saturated carbocycles. The lowest BCUT2D eigenvalue weighted by molar-refractivity contribution is -0.123. The molecule has 1 fully saturated rings. The summed E-state index contributed by atoms with van der Waals surface area (Å²) in [6, 6.07) is 6.39. The van der Waals surface area contributed by atoms with Gasteiger partial charge in [-0.1, -0.05) is 18.2 Å². The molecule has 2 rings (SSSR count). The number of hydrogen-bond donors (Lipinski definition) is 2. The van der Waals surface area contributed by atoms with Gasteiger partial charge in [-0.05, 0) is 25.5 Å². The van der Waals surface area contributed by atoms with Crippen LogP contribution >= 0.6 is 0 Å². The van der Waals surface area contributed by atoms with Crippen molar-refractivity contribution in [3.63, 3.8) is 0 Å². The van der Waals surface area contributed by atoms with Crippen LogP contribution in [0.5, 0.6) is 0 Å². The van der Waals surface area contributed by atoms with Crippen molar-refractivity contribution in [2.24, 2.45) is 0 Å². The van der Waals surface area contributed by atoms with Gasteiger partial charge in [-0.25, -0.2) is 4.39 Å². The first kappa shape index (κ1) is 14.0. The normalized spacial score (nSPS) is 20.2. The first-order valence-electron chi connectivity index (χ1n) is 6.55. The molecule has 1 atom stereocenters. The zero-order valence-corrected chi connectivity index (χ0v) is 10.8. The van der Waals surface area contributed by atoms with E-state index in [0.717, 1.165) is 19.4 Å². The molecule has 0 aromatic heterocycles. The number of likely N-dealkylation sites (tertiary alicyclic amines) is 1. The molecule has 1 saturated heterocycles. The second kappa shape index (κ2) is 6.63. The fraction of sp³-hybridized carbons (Fsp3) is 0.500. The minimum Gasteiger partial charge on any atom is -0.392 e. The van der Waals surface area contributed by atoms with Gasteiger partial charge in [0.2, 0.25) is 5.91 Å². The number of nitrogens with one attached hydrogen (secondary N) is 1. The van der Waals surface area contributed by atoms with Crippen LogP contribution in [0.3, 0.4) is 0 Å². The summed E-state index contributed by atoms with van der Waals surface area (Å²) in [6.45, 7) is 1.81. The number of piperidine rings is 1. The molecule has 0 aliphatic carbocycles. The van der Waals surface area contributed by atoms with Crippen molar-refractivity contribution in [3.05, 3.63) is 35.6 Å². The predicted molar refractivity (Wildman–Crippen MR) is 69.9 cm³/mol. The van der Waals surface area contributed by atoms with Crippen LogP contribution in [0, 0.1) is 5.82 Å². The molecule has 2 N–H and O–H groups in total. The highest BCUT2D eigenvalue weighted by molar-refractivity contribution is 5.78. The number of hydrogen-bond acceptors (Lipinski definition) is 3. The average molecular weight is 266 g/mol. The van der Waals surface area contributed by atoms with E-state index in [2.05, 4.69) is 5.32 Å². The predicted octanol–water partition coefficient (Wildman–Crippen LogP) is 0.899. The largest absolute Gasteiger partial charge is 0.392 e. The van der Waals surface area contributed by atoms with Crippen molar-refractivity contribution >= 4 is 5.91 Å². The van der Waals surface area contributed by atoms with Crippen molar-refractivity contribution in [1.29, 1.82) is 0 Å². The third-order valence-electron chi connectivity index (χ3n) is 3.28. The van der Waals surface area contributed by atoms with E-state index in [9.17, 15) is 14.3 Å². The van der Waals surface area contributed by atoms with Crippen LogP contribution in [0.1, 0.15) is 18.4 Å². The van der Waals surface area contributed by atoms with Crippen molar-refractivity contribution in [1.82, 2.24) is 10.2 Å². The quantitative estimate of drug-likeness (QED) is 0.851. The van der Waals surface area contributed by atoms with Gasteiger partial charge in [0.05, 0.1) is 12.6 Å². The van der Waals surface area contributed by atoms with Crippen LogP contribution in [0.4, 0.5) is 4.39 Å². The Morgan fingerprint density at radius 1 is 1.47 bits per heavy atom. The van der Waals surface area contributed by atoms with Gasteiger partial charge in [-0.3, -0.25) is 9.69 Å². The number of aliphatic hydroxyl groups excluding tert-OH is 1. The smallest absolute Gasteiger partial charge is 0.234 e. The number of β-amino-alcohol motifs (C(OH)–C–C–N with tert-alkyl or cyclic N) is 1. The Morgan fingerprint density at radius 3 is 3.00 bits per heavy atom. The molecule has 0 bridgehead atoms. The Bertz CT molecular complexity index is 439. The van der Waals surface area contributed by atoms with Crippen LogP contribution in [0.25, 0.3) is 0 Å². The molecule has 0 spiro atoms. The highest BCUT2D eigenvalue weighted by Crippen LogP contribution is 2.09. The molecule has 1 aromatic carbocycles. The third kappa shape index (κ3) is 4.29. The third-order valence-corrected chi connectivity index (χ3v) is 3.28. The molecule has 5 heteroatoms. The van der Waals surface area contributed by atoms with Crippen LogP contribution in [0.2, 0.25) is 0 Å². The van der Waals surface area contributed by atoms with Crippen molar-refractivity contribution in [2.45, 2.75) is 25.5 Å². The highest BCUT2D eigenvalue weighted by atomic mass is 19.1. The number of halogens is 1. The molecular formula is C14H19FN2O2. The summed E-state index contributed by atoms with van der Waals surface area (Å²) in [5.41, 5.74) is 0.481. The molecule has 0 radical (unpaired) electrons. The molecule has 1 aliphatic heterocycles. The molecule has 4 nitrogen and oxygen atoms in total. The monoisotopic (exact) mass is 266 g/mol. The maximum atomic E-state index is 13.4. The molecule has 1 aliphatic rings. The lowest BCUT2D eigenvalue weighted by Crippen LogP contribution is -2.44. The van der Waals surface area contributed by atoms with E-state index in [4.69, 9.17) is 0 Å². The lowest BCUT2D eigenvalue weighted by atomic mass is 10.1. The number of rotatable bonds is 4. The highest BCUT2D eigenvalue weighted by Gasteiger charge is 2.19. The minimum absolute atomic E-state index is 0.141. The number of carbonyl (C=O) groups is 1. The molecule has 0 unspecified atom stereocenters. The first-order chi connectivity index (χ1) is 9.15. The van der Waals surface area contributed by atoms with Gasteiger partial charge in [0.1, 0.15) is 5.82 Å². The summed E-state index contributed by atoms with van der Waals surface area (Å²) in [4.78, 5) is 13.7. The molecule has 1 amide bonds. The molecule has 104 valence electrons. The summed E-state index contributed by atoms with van der Waals surface area (Å²) in [7, 11) is 0. The fourth-order valence-corrected chi connectivity index (χ4v) is 2.27. The van der Waals surface area contributed by atoms with Crippen molar-refractivity contribution < 1.29 is 14.3 Å². The zero-order valence-electron chi connectivity index (χ0n) is 10.8. The summed E-state index contributed by atoms with van der Waals surface area (Å²) in [5.74, 6) is -0.450. The van der Waals surface area contributed by atoms with E-state index < -0.39 is 0 Å². The minimum atomic E-state index is -0.340. The molecular weight excluding hydrogens is 247 g/mol. The number of carbonyl (C=O) groups excluding carboxylic acids is 1. The second-order valence-electron chi connectivity index (χ2n) is 4.90. The van der Waals surface area contributed by atoms with E-state index in [0.29, 0.717) is 12.1 Å². The van der Waals surface area contributed by atoms with E-state index in [1.54, 1.807) is 18.2 Å². The number of aliphatic hydroxyl groups is 1. The fourth-order valence-electron chi connectivity index (χ4n) is 2.27. The van der Waals surface area contributed by atoms with Crippen LogP contribution in [-0.4, -0.2) is 41.7 Å². The van der Waals surface area contributed by atoms with Crippen LogP contribution in [0.15, 0.2) is 24.3 Å². The van der Waals surface area contributed by atoms with Gasteiger partial charge in [0.15, 0.2) is 0 Å². The maximum Gasteiger partial charge on any atom is 0.234 e. The van der Waals surface area contributed by atoms with Gasteiger partial charge in [0, 0.05) is 18.7 Å². The summed E-state index contributed by atoms with van der Waals surface area (Å²) >= 11 is 0.